The summed E-state index contributed by atoms with van der Waals surface area (Å²) in [6.07, 6.45) is 2.28. The van der Waals surface area contributed by atoms with E-state index in [9.17, 15) is 4.79 Å². The summed E-state index contributed by atoms with van der Waals surface area (Å²) in [6, 6.07) is 0. The first-order valence-electron chi connectivity index (χ1n) is 6.33. The summed E-state index contributed by atoms with van der Waals surface area (Å²) in [5.41, 5.74) is 0.00403. The summed E-state index contributed by atoms with van der Waals surface area (Å²) < 4.78 is 0. The Labute approximate surface area is 94.0 Å². The molecule has 15 heavy (non-hydrogen) atoms. The molecule has 1 amide bonds. The Bertz CT molecular complexity index is 239. The van der Waals surface area contributed by atoms with Gasteiger partial charge in [-0.05, 0) is 24.7 Å². The van der Waals surface area contributed by atoms with Gasteiger partial charge in [0.2, 0.25) is 5.91 Å². The molecule has 1 aliphatic heterocycles. The Morgan fingerprint density at radius 2 is 1.87 bits per heavy atom. The minimum absolute atomic E-state index is 0.00403. The fourth-order valence-corrected chi connectivity index (χ4v) is 2.36. The molecule has 2 aliphatic rings. The van der Waals surface area contributed by atoms with Crippen molar-refractivity contribution in [1.82, 2.24) is 4.90 Å². The first kappa shape index (κ1) is 12.5. The number of rotatable bonds is 1. The van der Waals surface area contributed by atoms with E-state index < -0.39 is 0 Å². The summed E-state index contributed by atoms with van der Waals surface area (Å²) >= 11 is 0. The normalized spacial score (nSPS) is 38.3. The monoisotopic (exact) mass is 211 g/mol. The second-order valence-electron chi connectivity index (χ2n) is 5.17. The van der Waals surface area contributed by atoms with Gasteiger partial charge in [-0.15, -0.1) is 0 Å². The maximum atomic E-state index is 12.0. The van der Waals surface area contributed by atoms with Crippen LogP contribution >= 0.6 is 0 Å². The van der Waals surface area contributed by atoms with Crippen molar-refractivity contribution in [2.24, 2.45) is 17.3 Å². The molecule has 88 valence electrons. The molecule has 2 nitrogen and oxygen atoms in total. The maximum Gasteiger partial charge on any atom is 0.228 e. The molecule has 0 bridgehead atoms. The van der Waals surface area contributed by atoms with Crippen LogP contribution < -0.4 is 0 Å². The van der Waals surface area contributed by atoms with Gasteiger partial charge < -0.3 is 4.90 Å². The van der Waals surface area contributed by atoms with E-state index in [1.54, 1.807) is 0 Å². The number of nitrogens with zero attached hydrogens (tertiary/aromatic N) is 1. The predicted molar refractivity (Wildman–Crippen MR) is 63.6 cm³/mol. The van der Waals surface area contributed by atoms with Crippen LogP contribution in [0.2, 0.25) is 0 Å². The van der Waals surface area contributed by atoms with Gasteiger partial charge in [0, 0.05) is 18.5 Å². The van der Waals surface area contributed by atoms with Crippen molar-refractivity contribution in [2.75, 3.05) is 13.1 Å². The molecule has 2 fully saturated rings. The molecular formula is C13H25NO. The molecule has 1 saturated carbocycles. The van der Waals surface area contributed by atoms with Gasteiger partial charge in [0.15, 0.2) is 0 Å². The Hall–Kier alpha value is -0.530. The van der Waals surface area contributed by atoms with Gasteiger partial charge in [0.05, 0.1) is 0 Å². The van der Waals surface area contributed by atoms with Gasteiger partial charge in [0.25, 0.3) is 0 Å². The molecule has 0 spiro atoms. The third kappa shape index (κ3) is 2.35. The van der Waals surface area contributed by atoms with Crippen molar-refractivity contribution in [3.05, 3.63) is 0 Å². The fourth-order valence-electron chi connectivity index (χ4n) is 2.36. The zero-order valence-corrected chi connectivity index (χ0v) is 10.8. The third-order valence-corrected chi connectivity index (χ3v) is 3.86. The van der Waals surface area contributed by atoms with Crippen LogP contribution in [0.25, 0.3) is 0 Å². The summed E-state index contributed by atoms with van der Waals surface area (Å²) in [6.45, 7) is 12.5. The number of carbonyl (C=O) groups excluding carboxylic acids is 1. The largest absolute Gasteiger partial charge is 0.342 e. The molecular weight excluding hydrogens is 186 g/mol. The molecule has 1 aliphatic carbocycles. The van der Waals surface area contributed by atoms with Crippen molar-refractivity contribution < 1.29 is 4.79 Å². The topological polar surface area (TPSA) is 20.3 Å². The van der Waals surface area contributed by atoms with Crippen molar-refractivity contribution >= 4 is 5.91 Å². The molecule has 1 heterocycles. The molecule has 3 unspecified atom stereocenters. The second kappa shape index (κ2) is 4.54. The number of carbonyl (C=O) groups is 1. The zero-order valence-electron chi connectivity index (χ0n) is 10.8. The Kier molecular flexibility index (Phi) is 3.80. The standard InChI is InChI=1S/C11H19NO.C2H6/c1-8-4-5-12(7-8)10(13)11(3)6-9(11)2;1-2/h8-9H,4-7H2,1-3H3;1-2H3. The lowest BCUT2D eigenvalue weighted by atomic mass is 10.1. The van der Waals surface area contributed by atoms with Crippen molar-refractivity contribution in [3.8, 4) is 0 Å². The van der Waals surface area contributed by atoms with Crippen LogP contribution in [0.3, 0.4) is 0 Å². The SMILES string of the molecule is CC.CC1CCN(C(=O)C2(C)CC2C)C1. The second-order valence-corrected chi connectivity index (χ2v) is 5.17. The van der Waals surface area contributed by atoms with E-state index >= 15 is 0 Å². The Morgan fingerprint density at radius 1 is 1.33 bits per heavy atom. The molecule has 0 N–H and O–H groups in total. The van der Waals surface area contributed by atoms with Gasteiger partial charge >= 0.3 is 0 Å². The number of hydrogen-bond acceptors (Lipinski definition) is 1. The molecule has 0 aromatic carbocycles. The highest BCUT2D eigenvalue weighted by Crippen LogP contribution is 2.53. The molecule has 1 saturated heterocycles. The van der Waals surface area contributed by atoms with Crippen LogP contribution in [0.15, 0.2) is 0 Å². The summed E-state index contributed by atoms with van der Waals surface area (Å²) in [4.78, 5) is 14.1. The maximum absolute atomic E-state index is 12.0. The lowest BCUT2D eigenvalue weighted by Crippen LogP contribution is -2.34. The highest BCUT2D eigenvalue weighted by atomic mass is 16.2. The summed E-state index contributed by atoms with van der Waals surface area (Å²) in [5.74, 6) is 1.72. The van der Waals surface area contributed by atoms with Crippen LogP contribution in [0.4, 0.5) is 0 Å². The van der Waals surface area contributed by atoms with Crippen LogP contribution in [0, 0.1) is 17.3 Å². The van der Waals surface area contributed by atoms with E-state index in [4.69, 9.17) is 0 Å². The van der Waals surface area contributed by atoms with Crippen LogP contribution in [-0.2, 0) is 4.79 Å². The smallest absolute Gasteiger partial charge is 0.228 e. The van der Waals surface area contributed by atoms with Crippen molar-refractivity contribution in [1.29, 1.82) is 0 Å². The summed E-state index contributed by atoms with van der Waals surface area (Å²) in [7, 11) is 0. The van der Waals surface area contributed by atoms with Crippen molar-refractivity contribution in [3.63, 3.8) is 0 Å². The van der Waals surface area contributed by atoms with Crippen LogP contribution in [0.1, 0.15) is 47.5 Å². The highest BCUT2D eigenvalue weighted by molar-refractivity contribution is 5.85. The van der Waals surface area contributed by atoms with E-state index in [2.05, 4.69) is 25.7 Å². The van der Waals surface area contributed by atoms with Crippen LogP contribution in [-0.4, -0.2) is 23.9 Å². The van der Waals surface area contributed by atoms with Gasteiger partial charge in [-0.3, -0.25) is 4.79 Å². The third-order valence-electron chi connectivity index (χ3n) is 3.86. The number of likely N-dealkylation sites (tertiary alicyclic amines) is 1. The van der Waals surface area contributed by atoms with E-state index in [1.807, 2.05) is 13.8 Å². The minimum atomic E-state index is 0.00403. The molecule has 2 rings (SSSR count). The Morgan fingerprint density at radius 3 is 2.20 bits per heavy atom. The predicted octanol–water partition coefficient (Wildman–Crippen LogP) is 2.93. The lowest BCUT2D eigenvalue weighted by Gasteiger charge is -2.20. The molecule has 2 heteroatoms. The van der Waals surface area contributed by atoms with Crippen molar-refractivity contribution in [2.45, 2.75) is 47.5 Å². The number of amides is 1. The molecule has 3 atom stereocenters. The average molecular weight is 211 g/mol. The van der Waals surface area contributed by atoms with Crippen LogP contribution in [0.5, 0.6) is 0 Å². The molecule has 0 radical (unpaired) electrons. The number of hydrogen-bond donors (Lipinski definition) is 0. The first-order chi connectivity index (χ1) is 7.04. The molecule has 0 aromatic heterocycles. The average Bonchev–Trinajstić information content (AvgIpc) is 2.66. The van der Waals surface area contributed by atoms with Gasteiger partial charge in [-0.25, -0.2) is 0 Å². The lowest BCUT2D eigenvalue weighted by molar-refractivity contribution is -0.135. The summed E-state index contributed by atoms with van der Waals surface area (Å²) in [5, 5.41) is 0. The van der Waals surface area contributed by atoms with Gasteiger partial charge in [0.1, 0.15) is 0 Å². The van der Waals surface area contributed by atoms with E-state index in [0.29, 0.717) is 17.7 Å². The fraction of sp³-hybridized carbons (Fsp3) is 0.923. The molecule has 0 aromatic rings. The first-order valence-corrected chi connectivity index (χ1v) is 6.33. The van der Waals surface area contributed by atoms with E-state index in [-0.39, 0.29) is 5.41 Å². The zero-order chi connectivity index (χ0) is 11.6. The Balaban J connectivity index is 0.000000531. The minimum Gasteiger partial charge on any atom is -0.342 e. The van der Waals surface area contributed by atoms with Gasteiger partial charge in [-0.2, -0.15) is 0 Å². The van der Waals surface area contributed by atoms with E-state index in [0.717, 1.165) is 19.5 Å². The highest BCUT2D eigenvalue weighted by Gasteiger charge is 2.54. The quantitative estimate of drug-likeness (QED) is 0.653. The van der Waals surface area contributed by atoms with Gasteiger partial charge in [-0.1, -0.05) is 34.6 Å². The van der Waals surface area contributed by atoms with E-state index in [1.165, 1.54) is 6.42 Å².